The van der Waals surface area contributed by atoms with Crippen molar-refractivity contribution in [2.45, 2.75) is 25.0 Å². The van der Waals surface area contributed by atoms with Crippen LogP contribution in [0.5, 0.6) is 5.75 Å². The standard InChI is InChI=1S/C13H16ClNO4/c14-10-6-8(3-4-11(10)16)12(13(17)18)15-7-9-2-1-5-19-9/h3-4,6,9,12,15-16H,1-2,5,7H2,(H,17,18). The fourth-order valence-corrected chi connectivity index (χ4v) is 2.29. The van der Waals surface area contributed by atoms with Crippen LogP contribution in [-0.2, 0) is 9.53 Å². The SMILES string of the molecule is O=C(O)C(NCC1CCCO1)c1ccc(O)c(Cl)c1. The Morgan fingerprint density at radius 3 is 2.95 bits per heavy atom. The van der Waals surface area contributed by atoms with Crippen LogP contribution in [0, 0.1) is 0 Å². The highest BCUT2D eigenvalue weighted by Gasteiger charge is 2.23. The number of halogens is 1. The Labute approximate surface area is 116 Å². The van der Waals surface area contributed by atoms with Crippen LogP contribution in [0.25, 0.3) is 0 Å². The van der Waals surface area contributed by atoms with Crippen LogP contribution < -0.4 is 5.32 Å². The smallest absolute Gasteiger partial charge is 0.325 e. The van der Waals surface area contributed by atoms with Crippen molar-refractivity contribution in [2.24, 2.45) is 0 Å². The van der Waals surface area contributed by atoms with Gasteiger partial charge in [0.15, 0.2) is 0 Å². The normalized spacial score (nSPS) is 20.4. The van der Waals surface area contributed by atoms with Crippen LogP contribution in [0.15, 0.2) is 18.2 Å². The number of aromatic hydroxyl groups is 1. The lowest BCUT2D eigenvalue weighted by Gasteiger charge is -2.18. The molecule has 0 amide bonds. The molecule has 0 saturated carbocycles. The molecule has 104 valence electrons. The van der Waals surface area contributed by atoms with Crippen LogP contribution in [0.1, 0.15) is 24.4 Å². The van der Waals surface area contributed by atoms with Gasteiger partial charge in [-0.05, 0) is 30.5 Å². The largest absolute Gasteiger partial charge is 0.506 e. The molecule has 19 heavy (non-hydrogen) atoms. The molecule has 2 atom stereocenters. The Balaban J connectivity index is 2.05. The van der Waals surface area contributed by atoms with Gasteiger partial charge in [-0.15, -0.1) is 0 Å². The summed E-state index contributed by atoms with van der Waals surface area (Å²) < 4.78 is 5.44. The monoisotopic (exact) mass is 285 g/mol. The molecule has 1 heterocycles. The third-order valence-corrected chi connectivity index (χ3v) is 3.43. The van der Waals surface area contributed by atoms with E-state index in [0.717, 1.165) is 19.4 Å². The number of carboxylic acids is 1. The number of hydrogen-bond acceptors (Lipinski definition) is 4. The van der Waals surface area contributed by atoms with E-state index in [1.807, 2.05) is 0 Å². The molecule has 0 aromatic heterocycles. The van der Waals surface area contributed by atoms with Crippen LogP contribution in [0.3, 0.4) is 0 Å². The summed E-state index contributed by atoms with van der Waals surface area (Å²) >= 11 is 5.79. The number of carboxylic acid groups (broad SMARTS) is 1. The zero-order valence-electron chi connectivity index (χ0n) is 10.3. The molecule has 1 aliphatic rings. The van der Waals surface area contributed by atoms with Crippen LogP contribution in [0.2, 0.25) is 5.02 Å². The zero-order chi connectivity index (χ0) is 13.8. The van der Waals surface area contributed by atoms with Gasteiger partial charge in [-0.1, -0.05) is 17.7 Å². The Kier molecular flexibility index (Phi) is 4.63. The lowest BCUT2D eigenvalue weighted by atomic mass is 10.1. The van der Waals surface area contributed by atoms with Gasteiger partial charge in [-0.3, -0.25) is 10.1 Å². The summed E-state index contributed by atoms with van der Waals surface area (Å²) in [6.07, 6.45) is 2.01. The van der Waals surface area contributed by atoms with Gasteiger partial charge in [-0.25, -0.2) is 0 Å². The van der Waals surface area contributed by atoms with E-state index in [0.29, 0.717) is 12.1 Å². The molecule has 0 bridgehead atoms. The maximum Gasteiger partial charge on any atom is 0.325 e. The number of ether oxygens (including phenoxy) is 1. The molecule has 1 aromatic carbocycles. The number of nitrogens with one attached hydrogen (secondary N) is 1. The molecule has 0 aliphatic carbocycles. The quantitative estimate of drug-likeness (QED) is 0.770. The van der Waals surface area contributed by atoms with Gasteiger partial charge < -0.3 is 14.9 Å². The molecule has 6 heteroatoms. The first-order valence-corrected chi connectivity index (χ1v) is 6.52. The molecule has 1 aliphatic heterocycles. The number of hydrogen-bond donors (Lipinski definition) is 3. The summed E-state index contributed by atoms with van der Waals surface area (Å²) in [6.45, 7) is 1.21. The van der Waals surface area contributed by atoms with Crippen LogP contribution >= 0.6 is 11.6 Å². The number of aliphatic carboxylic acids is 1. The minimum atomic E-state index is -0.986. The second-order valence-electron chi connectivity index (χ2n) is 4.53. The molecule has 3 N–H and O–H groups in total. The number of rotatable bonds is 5. The number of phenols is 1. The Hall–Kier alpha value is -1.30. The summed E-state index contributed by atoms with van der Waals surface area (Å²) in [5, 5.41) is 21.7. The first-order valence-electron chi connectivity index (χ1n) is 6.14. The molecule has 1 saturated heterocycles. The summed E-state index contributed by atoms with van der Waals surface area (Å²) in [6, 6.07) is 3.53. The summed E-state index contributed by atoms with van der Waals surface area (Å²) in [7, 11) is 0. The summed E-state index contributed by atoms with van der Waals surface area (Å²) in [5.41, 5.74) is 0.508. The average Bonchev–Trinajstić information content (AvgIpc) is 2.86. The minimum Gasteiger partial charge on any atom is -0.506 e. The van der Waals surface area contributed by atoms with E-state index in [9.17, 15) is 15.0 Å². The first kappa shape index (κ1) is 14.1. The van der Waals surface area contributed by atoms with Crippen molar-refractivity contribution in [1.82, 2.24) is 5.32 Å². The highest BCUT2D eigenvalue weighted by Crippen LogP contribution is 2.27. The molecule has 5 nitrogen and oxygen atoms in total. The van der Waals surface area contributed by atoms with E-state index < -0.39 is 12.0 Å². The van der Waals surface area contributed by atoms with E-state index in [-0.39, 0.29) is 16.9 Å². The van der Waals surface area contributed by atoms with Crippen LogP contribution in [-0.4, -0.2) is 35.4 Å². The van der Waals surface area contributed by atoms with Crippen molar-refractivity contribution in [3.8, 4) is 5.75 Å². The van der Waals surface area contributed by atoms with Crippen molar-refractivity contribution < 1.29 is 19.7 Å². The van der Waals surface area contributed by atoms with Gasteiger partial charge in [0.1, 0.15) is 11.8 Å². The van der Waals surface area contributed by atoms with Gasteiger partial charge in [0.2, 0.25) is 0 Å². The molecular formula is C13H16ClNO4. The maximum atomic E-state index is 11.3. The third kappa shape index (κ3) is 3.59. The highest BCUT2D eigenvalue weighted by atomic mass is 35.5. The van der Waals surface area contributed by atoms with Crippen molar-refractivity contribution in [3.05, 3.63) is 28.8 Å². The van der Waals surface area contributed by atoms with E-state index in [1.165, 1.54) is 12.1 Å². The van der Waals surface area contributed by atoms with Crippen molar-refractivity contribution in [1.29, 1.82) is 0 Å². The van der Waals surface area contributed by atoms with E-state index >= 15 is 0 Å². The van der Waals surface area contributed by atoms with Gasteiger partial charge in [0.25, 0.3) is 0 Å². The maximum absolute atomic E-state index is 11.3. The lowest BCUT2D eigenvalue weighted by Crippen LogP contribution is -2.34. The van der Waals surface area contributed by atoms with Crippen LogP contribution in [0.4, 0.5) is 0 Å². The minimum absolute atomic E-state index is 0.0614. The lowest BCUT2D eigenvalue weighted by molar-refractivity contribution is -0.139. The first-order chi connectivity index (χ1) is 9.08. The Morgan fingerprint density at radius 2 is 2.37 bits per heavy atom. The van der Waals surface area contributed by atoms with Crippen molar-refractivity contribution in [2.75, 3.05) is 13.2 Å². The molecule has 2 unspecified atom stereocenters. The molecule has 0 radical (unpaired) electrons. The Bertz CT molecular complexity index is 460. The summed E-state index contributed by atoms with van der Waals surface area (Å²) in [4.78, 5) is 11.3. The van der Waals surface area contributed by atoms with Gasteiger partial charge in [0, 0.05) is 13.2 Å². The molecule has 0 spiro atoms. The van der Waals surface area contributed by atoms with Gasteiger partial charge in [-0.2, -0.15) is 0 Å². The predicted octanol–water partition coefficient (Wildman–Crippen LogP) is 1.94. The average molecular weight is 286 g/mol. The molecule has 1 fully saturated rings. The van der Waals surface area contributed by atoms with E-state index in [2.05, 4.69) is 5.32 Å². The van der Waals surface area contributed by atoms with E-state index in [4.69, 9.17) is 16.3 Å². The third-order valence-electron chi connectivity index (χ3n) is 3.13. The topological polar surface area (TPSA) is 78.8 Å². The zero-order valence-corrected chi connectivity index (χ0v) is 11.1. The van der Waals surface area contributed by atoms with E-state index in [1.54, 1.807) is 6.07 Å². The molecule has 1 aromatic rings. The number of carbonyl (C=O) groups is 1. The summed E-state index contributed by atoms with van der Waals surface area (Å²) in [5.74, 6) is -1.05. The van der Waals surface area contributed by atoms with Crippen molar-refractivity contribution >= 4 is 17.6 Å². The fourth-order valence-electron chi connectivity index (χ4n) is 2.11. The predicted molar refractivity (Wildman–Crippen MR) is 70.5 cm³/mol. The number of phenolic OH excluding ortho intramolecular Hbond substituents is 1. The second-order valence-corrected chi connectivity index (χ2v) is 4.93. The highest BCUT2D eigenvalue weighted by molar-refractivity contribution is 6.32. The van der Waals surface area contributed by atoms with Gasteiger partial charge in [0.05, 0.1) is 11.1 Å². The molecular weight excluding hydrogens is 270 g/mol. The second kappa shape index (κ2) is 6.23. The molecule has 2 rings (SSSR count). The Morgan fingerprint density at radius 1 is 1.58 bits per heavy atom. The van der Waals surface area contributed by atoms with Gasteiger partial charge >= 0.3 is 5.97 Å². The van der Waals surface area contributed by atoms with Crippen molar-refractivity contribution in [3.63, 3.8) is 0 Å². The number of benzene rings is 1. The fraction of sp³-hybridized carbons (Fsp3) is 0.462.